The van der Waals surface area contributed by atoms with Crippen molar-refractivity contribution in [1.29, 1.82) is 0 Å². The molecule has 2 aliphatic rings. The zero-order chi connectivity index (χ0) is 33.6. The van der Waals surface area contributed by atoms with E-state index < -0.39 is 11.9 Å². The van der Waals surface area contributed by atoms with E-state index in [0.717, 1.165) is 54.7 Å². The van der Waals surface area contributed by atoms with Crippen LogP contribution in [-0.4, -0.2) is 75.0 Å². The van der Waals surface area contributed by atoms with Crippen LogP contribution in [0.2, 0.25) is 0 Å². The second-order valence-electron chi connectivity index (χ2n) is 12.7. The van der Waals surface area contributed by atoms with Gasteiger partial charge in [-0.15, -0.1) is 10.2 Å². The number of aromatic nitrogens is 5. The Bertz CT molecular complexity index is 1710. The Hall–Kier alpha value is -4.85. The van der Waals surface area contributed by atoms with Gasteiger partial charge < -0.3 is 22.1 Å². The molecule has 2 aromatic carbocycles. The summed E-state index contributed by atoms with van der Waals surface area (Å²) in [4.78, 5) is 46.4. The molecule has 1 saturated heterocycles. The number of hydrogen-bond acceptors (Lipinski definition) is 10. The molecule has 0 unspecified atom stereocenters. The Morgan fingerprint density at radius 3 is 2.31 bits per heavy atom. The van der Waals surface area contributed by atoms with E-state index in [1.807, 2.05) is 37.3 Å². The highest BCUT2D eigenvalue weighted by molar-refractivity contribution is 6.17. The maximum absolute atomic E-state index is 14.0. The highest BCUT2D eigenvalue weighted by Gasteiger charge is 2.35. The number of aryl methyl sites for hydroxylation is 1. The van der Waals surface area contributed by atoms with Gasteiger partial charge in [0.2, 0.25) is 11.7 Å². The van der Waals surface area contributed by atoms with E-state index in [1.54, 1.807) is 30.3 Å². The molecule has 0 spiro atoms. The van der Waals surface area contributed by atoms with Gasteiger partial charge in [0.25, 0.3) is 11.8 Å². The first-order valence-electron chi connectivity index (χ1n) is 16.6. The molecule has 6 rings (SSSR count). The number of amides is 3. The van der Waals surface area contributed by atoms with Crippen molar-refractivity contribution in [2.45, 2.75) is 57.5 Å². The SMILES string of the molecule is Cc1nc(C(=O)N[C@H]2CCNC2)ccc1-c1ccc(C[C@H](N)C(=O)N(C(=O)C2CCC(CN)CC2)c2ccc(-c3nn[nH]n3)cc2)cc1. The Labute approximate surface area is 279 Å². The maximum Gasteiger partial charge on any atom is 0.270 e. The number of tetrazole rings is 1. The van der Waals surface area contributed by atoms with Crippen LogP contribution in [0.15, 0.2) is 60.7 Å². The van der Waals surface area contributed by atoms with Crippen LogP contribution in [0.5, 0.6) is 0 Å². The van der Waals surface area contributed by atoms with Gasteiger partial charge in [-0.25, -0.2) is 9.88 Å². The molecule has 13 heteroatoms. The zero-order valence-electron chi connectivity index (χ0n) is 27.1. The summed E-state index contributed by atoms with van der Waals surface area (Å²) in [6.07, 6.45) is 4.22. The number of anilines is 1. The molecule has 0 bridgehead atoms. The van der Waals surface area contributed by atoms with E-state index in [0.29, 0.717) is 48.1 Å². The average molecular weight is 651 g/mol. The molecule has 2 aromatic heterocycles. The van der Waals surface area contributed by atoms with Crippen LogP contribution in [0.1, 0.15) is 53.8 Å². The van der Waals surface area contributed by atoms with Crippen molar-refractivity contribution in [2.75, 3.05) is 24.5 Å². The molecule has 7 N–H and O–H groups in total. The summed E-state index contributed by atoms with van der Waals surface area (Å²) in [5.41, 5.74) is 17.4. The van der Waals surface area contributed by atoms with E-state index in [2.05, 4.69) is 36.2 Å². The van der Waals surface area contributed by atoms with Crippen molar-refractivity contribution >= 4 is 23.4 Å². The van der Waals surface area contributed by atoms with Crippen LogP contribution in [-0.2, 0) is 16.0 Å². The molecule has 2 fully saturated rings. The minimum Gasteiger partial charge on any atom is -0.347 e. The number of nitrogens with zero attached hydrogens (tertiary/aromatic N) is 5. The number of aromatic amines is 1. The molecular weight excluding hydrogens is 608 g/mol. The van der Waals surface area contributed by atoms with Crippen LogP contribution >= 0.6 is 0 Å². The van der Waals surface area contributed by atoms with E-state index in [9.17, 15) is 14.4 Å². The Morgan fingerprint density at radius 1 is 0.958 bits per heavy atom. The molecule has 2 atom stereocenters. The summed E-state index contributed by atoms with van der Waals surface area (Å²) >= 11 is 0. The maximum atomic E-state index is 14.0. The molecule has 1 saturated carbocycles. The number of nitrogens with one attached hydrogen (secondary N) is 3. The van der Waals surface area contributed by atoms with Gasteiger partial charge in [-0.3, -0.25) is 14.4 Å². The summed E-state index contributed by atoms with van der Waals surface area (Å²) in [6.45, 7) is 4.15. The highest BCUT2D eigenvalue weighted by atomic mass is 16.2. The standard InChI is InChI=1S/C35H42N10O3/c1-21-29(14-15-31(39-21)33(46)40-27-16-17-38-20-27)24-6-2-22(3-7-24)18-30(37)35(48)45(34(47)26-8-4-23(19-36)5-9-26)28-12-10-25(11-13-28)32-41-43-44-42-32/h2-3,6-7,10-15,23,26-27,30,38H,4-5,8-9,16-20,36-37H2,1H3,(H,40,46)(H,41,42,43,44)/t23?,26?,27-,30-/m0/s1. The number of imide groups is 1. The summed E-state index contributed by atoms with van der Waals surface area (Å²) < 4.78 is 0. The third-order valence-corrected chi connectivity index (χ3v) is 9.45. The number of nitrogens with two attached hydrogens (primary N) is 2. The van der Waals surface area contributed by atoms with Crippen molar-refractivity contribution in [1.82, 2.24) is 36.2 Å². The first-order valence-corrected chi connectivity index (χ1v) is 16.6. The lowest BCUT2D eigenvalue weighted by Gasteiger charge is -2.32. The lowest BCUT2D eigenvalue weighted by Crippen LogP contribution is -2.50. The summed E-state index contributed by atoms with van der Waals surface area (Å²) in [5, 5.41) is 20.3. The predicted molar refractivity (Wildman–Crippen MR) is 181 cm³/mol. The van der Waals surface area contributed by atoms with Crippen LogP contribution in [0, 0.1) is 18.8 Å². The molecule has 4 aromatic rings. The Morgan fingerprint density at radius 2 is 1.69 bits per heavy atom. The van der Waals surface area contributed by atoms with Gasteiger partial charge >= 0.3 is 0 Å². The molecule has 1 aliphatic carbocycles. The minimum absolute atomic E-state index is 0.120. The van der Waals surface area contributed by atoms with Crippen molar-refractivity contribution in [3.63, 3.8) is 0 Å². The van der Waals surface area contributed by atoms with Crippen molar-refractivity contribution in [3.05, 3.63) is 77.6 Å². The molecule has 13 nitrogen and oxygen atoms in total. The van der Waals surface area contributed by atoms with Crippen LogP contribution in [0.4, 0.5) is 5.69 Å². The number of pyridine rings is 1. The predicted octanol–water partition coefficient (Wildman–Crippen LogP) is 2.52. The van der Waals surface area contributed by atoms with Gasteiger partial charge in [0.05, 0.1) is 11.7 Å². The number of rotatable bonds is 10. The molecule has 3 amide bonds. The van der Waals surface area contributed by atoms with Crippen LogP contribution in [0.25, 0.3) is 22.5 Å². The van der Waals surface area contributed by atoms with E-state index in [4.69, 9.17) is 11.5 Å². The fourth-order valence-electron chi connectivity index (χ4n) is 6.59. The van der Waals surface area contributed by atoms with E-state index >= 15 is 0 Å². The van der Waals surface area contributed by atoms with Gasteiger partial charge in [0, 0.05) is 35.3 Å². The normalized spacial score (nSPS) is 19.9. The first kappa shape index (κ1) is 33.1. The van der Waals surface area contributed by atoms with Crippen molar-refractivity contribution in [2.24, 2.45) is 23.3 Å². The summed E-state index contributed by atoms with van der Waals surface area (Å²) in [5.74, 6) is -0.349. The fraction of sp³-hybridized carbons (Fsp3) is 0.400. The first-order chi connectivity index (χ1) is 23.3. The molecule has 250 valence electrons. The van der Waals surface area contributed by atoms with E-state index in [1.165, 1.54) is 4.90 Å². The molecule has 1 aliphatic heterocycles. The van der Waals surface area contributed by atoms with Crippen molar-refractivity contribution in [3.8, 4) is 22.5 Å². The quantitative estimate of drug-likeness (QED) is 0.170. The summed E-state index contributed by atoms with van der Waals surface area (Å²) in [6, 6.07) is 17.5. The van der Waals surface area contributed by atoms with E-state index in [-0.39, 0.29) is 30.2 Å². The lowest BCUT2D eigenvalue weighted by molar-refractivity contribution is -0.130. The van der Waals surface area contributed by atoms with Crippen molar-refractivity contribution < 1.29 is 14.4 Å². The second-order valence-corrected chi connectivity index (χ2v) is 12.7. The van der Waals surface area contributed by atoms with Gasteiger partial charge in [-0.1, -0.05) is 30.3 Å². The fourth-order valence-corrected chi connectivity index (χ4v) is 6.59. The number of carbonyl (C=O) groups is 3. The Balaban J connectivity index is 1.16. The average Bonchev–Trinajstić information content (AvgIpc) is 3.84. The van der Waals surface area contributed by atoms with Gasteiger partial charge in [-0.05, 0) is 111 Å². The topological polar surface area (TPSA) is 198 Å². The number of hydrogen-bond donors (Lipinski definition) is 5. The van der Waals surface area contributed by atoms with Gasteiger partial charge in [0.1, 0.15) is 5.69 Å². The third kappa shape index (κ3) is 7.48. The van der Waals surface area contributed by atoms with Gasteiger partial charge in [0.15, 0.2) is 0 Å². The lowest BCUT2D eigenvalue weighted by atomic mass is 9.81. The second kappa shape index (κ2) is 14.9. The Kier molecular flexibility index (Phi) is 10.3. The zero-order valence-corrected chi connectivity index (χ0v) is 27.1. The highest BCUT2D eigenvalue weighted by Crippen LogP contribution is 2.32. The smallest absolute Gasteiger partial charge is 0.270 e. The molecular formula is C35H42N10O3. The minimum atomic E-state index is -0.951. The third-order valence-electron chi connectivity index (χ3n) is 9.45. The number of benzene rings is 2. The number of H-pyrrole nitrogens is 1. The summed E-state index contributed by atoms with van der Waals surface area (Å²) in [7, 11) is 0. The van der Waals surface area contributed by atoms with Crippen LogP contribution < -0.4 is 27.0 Å². The largest absolute Gasteiger partial charge is 0.347 e. The van der Waals surface area contributed by atoms with Gasteiger partial charge in [-0.2, -0.15) is 5.21 Å². The molecule has 0 radical (unpaired) electrons. The molecule has 48 heavy (non-hydrogen) atoms. The monoisotopic (exact) mass is 650 g/mol. The molecule has 3 heterocycles. The number of carbonyl (C=O) groups excluding carboxylic acids is 3. The van der Waals surface area contributed by atoms with Crippen LogP contribution in [0.3, 0.4) is 0 Å².